The lowest BCUT2D eigenvalue weighted by molar-refractivity contribution is 0.102. The molecule has 0 bridgehead atoms. The number of anilines is 1. The van der Waals surface area contributed by atoms with E-state index in [1.807, 2.05) is 42.5 Å². The van der Waals surface area contributed by atoms with E-state index in [1.165, 1.54) is 11.3 Å². The monoisotopic (exact) mass is 350 g/mol. The van der Waals surface area contributed by atoms with Gasteiger partial charge < -0.3 is 5.32 Å². The van der Waals surface area contributed by atoms with E-state index in [9.17, 15) is 4.79 Å². The van der Waals surface area contributed by atoms with Crippen molar-refractivity contribution in [1.82, 2.24) is 14.6 Å². The van der Waals surface area contributed by atoms with Crippen LogP contribution >= 0.6 is 27.3 Å². The fraction of sp³-hybridized carbons (Fsp3) is 0.154. The van der Waals surface area contributed by atoms with Crippen LogP contribution in [0.25, 0.3) is 4.96 Å². The van der Waals surface area contributed by atoms with Gasteiger partial charge in [-0.25, -0.2) is 0 Å². The molecule has 3 rings (SSSR count). The number of nitrogens with one attached hydrogen (secondary N) is 1. The molecule has 0 aliphatic rings. The molecule has 102 valence electrons. The average molecular weight is 351 g/mol. The molecule has 0 atom stereocenters. The van der Waals surface area contributed by atoms with Crippen LogP contribution in [-0.4, -0.2) is 20.5 Å². The normalized spacial score (nSPS) is 10.9. The van der Waals surface area contributed by atoms with Gasteiger partial charge in [-0.1, -0.05) is 27.3 Å². The third-order valence-corrected chi connectivity index (χ3v) is 4.62. The Balaban J connectivity index is 1.92. The Morgan fingerprint density at radius 3 is 2.60 bits per heavy atom. The van der Waals surface area contributed by atoms with E-state index in [-0.39, 0.29) is 5.91 Å². The highest BCUT2D eigenvalue weighted by Gasteiger charge is 2.18. The second kappa shape index (κ2) is 4.99. The maximum atomic E-state index is 12.3. The summed E-state index contributed by atoms with van der Waals surface area (Å²) in [5.41, 5.74) is 1.63. The highest BCUT2D eigenvalue weighted by atomic mass is 79.9. The smallest absolute Gasteiger partial charge is 0.267 e. The molecule has 0 aliphatic carbocycles. The van der Waals surface area contributed by atoms with Crippen molar-refractivity contribution < 1.29 is 4.79 Å². The zero-order chi connectivity index (χ0) is 14.3. The van der Waals surface area contributed by atoms with E-state index in [0.717, 1.165) is 26.6 Å². The van der Waals surface area contributed by atoms with Gasteiger partial charge in [0.1, 0.15) is 10.7 Å². The molecule has 0 fully saturated rings. The summed E-state index contributed by atoms with van der Waals surface area (Å²) < 4.78 is 2.87. The predicted octanol–water partition coefficient (Wildman–Crippen LogP) is 3.42. The molecular weight excluding hydrogens is 340 g/mol. The lowest BCUT2D eigenvalue weighted by Crippen LogP contribution is -2.12. The number of carbonyl (C=O) groups excluding carboxylic acids is 1. The molecule has 0 saturated carbocycles. The van der Waals surface area contributed by atoms with Crippen LogP contribution in [0.3, 0.4) is 0 Å². The second-order valence-electron chi connectivity index (χ2n) is 4.34. The van der Waals surface area contributed by atoms with Gasteiger partial charge in [-0.2, -0.15) is 0 Å². The van der Waals surface area contributed by atoms with Crippen LogP contribution < -0.4 is 5.32 Å². The molecule has 0 aliphatic heterocycles. The van der Waals surface area contributed by atoms with Crippen molar-refractivity contribution in [2.75, 3.05) is 5.32 Å². The fourth-order valence-electron chi connectivity index (χ4n) is 1.99. The Kier molecular flexibility index (Phi) is 3.31. The van der Waals surface area contributed by atoms with Gasteiger partial charge in [0.05, 0.1) is 0 Å². The molecule has 2 heterocycles. The lowest BCUT2D eigenvalue weighted by atomic mass is 10.3. The first-order valence-electron chi connectivity index (χ1n) is 5.94. The number of halogens is 1. The molecule has 0 radical (unpaired) electrons. The summed E-state index contributed by atoms with van der Waals surface area (Å²) in [6.07, 6.45) is 0. The van der Waals surface area contributed by atoms with Gasteiger partial charge in [0, 0.05) is 15.9 Å². The van der Waals surface area contributed by atoms with Gasteiger partial charge in [0.2, 0.25) is 4.96 Å². The number of fused-ring (bicyclic) bond motifs is 1. The molecule has 0 saturated heterocycles. The Labute approximate surface area is 127 Å². The van der Waals surface area contributed by atoms with Crippen LogP contribution in [-0.2, 0) is 0 Å². The van der Waals surface area contributed by atoms with E-state index in [4.69, 9.17) is 0 Å². The number of nitrogens with zero attached hydrogens (tertiary/aromatic N) is 3. The number of aromatic nitrogens is 3. The molecule has 2 aromatic heterocycles. The molecule has 7 heteroatoms. The van der Waals surface area contributed by atoms with Gasteiger partial charge in [0.15, 0.2) is 0 Å². The molecule has 1 amide bonds. The van der Waals surface area contributed by atoms with Gasteiger partial charge in [-0.3, -0.25) is 9.20 Å². The fourth-order valence-corrected chi connectivity index (χ4v) is 3.27. The first kappa shape index (κ1) is 13.3. The quantitative estimate of drug-likeness (QED) is 0.770. The summed E-state index contributed by atoms with van der Waals surface area (Å²) in [5.74, 6) is 0.663. The summed E-state index contributed by atoms with van der Waals surface area (Å²) >= 11 is 4.71. The van der Waals surface area contributed by atoms with Gasteiger partial charge >= 0.3 is 0 Å². The highest BCUT2D eigenvalue weighted by Crippen LogP contribution is 2.24. The first-order chi connectivity index (χ1) is 9.56. The number of hydrogen-bond donors (Lipinski definition) is 1. The summed E-state index contributed by atoms with van der Waals surface area (Å²) in [5, 5.41) is 10.9. The van der Waals surface area contributed by atoms with Gasteiger partial charge in [0.25, 0.3) is 5.91 Å². The van der Waals surface area contributed by atoms with Crippen LogP contribution in [0, 0.1) is 13.8 Å². The van der Waals surface area contributed by atoms with E-state index in [1.54, 1.807) is 0 Å². The Morgan fingerprint density at radius 2 is 1.95 bits per heavy atom. The summed E-state index contributed by atoms with van der Waals surface area (Å²) in [6.45, 7) is 3.77. The van der Waals surface area contributed by atoms with Crippen molar-refractivity contribution in [2.45, 2.75) is 13.8 Å². The molecule has 1 N–H and O–H groups in total. The number of hydrogen-bond acceptors (Lipinski definition) is 4. The minimum atomic E-state index is -0.125. The zero-order valence-corrected chi connectivity index (χ0v) is 13.2. The van der Waals surface area contributed by atoms with Crippen LogP contribution in [0.15, 0.2) is 28.7 Å². The Hall–Kier alpha value is -1.73. The van der Waals surface area contributed by atoms with Crippen molar-refractivity contribution in [3.63, 3.8) is 0 Å². The Morgan fingerprint density at radius 1 is 1.25 bits per heavy atom. The highest BCUT2D eigenvalue weighted by molar-refractivity contribution is 9.10. The third-order valence-electron chi connectivity index (χ3n) is 2.96. The van der Waals surface area contributed by atoms with Gasteiger partial charge in [-0.15, -0.1) is 10.2 Å². The first-order valence-corrected chi connectivity index (χ1v) is 7.55. The minimum Gasteiger partial charge on any atom is -0.321 e. The minimum absolute atomic E-state index is 0.125. The maximum absolute atomic E-state index is 12.3. The summed E-state index contributed by atoms with van der Waals surface area (Å²) in [4.78, 5) is 13.7. The molecule has 1 aromatic carbocycles. The predicted molar refractivity (Wildman–Crippen MR) is 82.4 cm³/mol. The molecule has 0 unspecified atom stereocenters. The second-order valence-corrected chi connectivity index (χ2v) is 6.24. The van der Waals surface area contributed by atoms with E-state index >= 15 is 0 Å². The van der Waals surface area contributed by atoms with Crippen molar-refractivity contribution in [3.8, 4) is 0 Å². The van der Waals surface area contributed by atoms with Crippen molar-refractivity contribution in [3.05, 3.63) is 45.1 Å². The molecule has 5 nitrogen and oxygen atoms in total. The summed E-state index contributed by atoms with van der Waals surface area (Å²) in [7, 11) is 0. The number of benzene rings is 1. The van der Waals surface area contributed by atoms with Crippen LogP contribution in [0.4, 0.5) is 5.69 Å². The topological polar surface area (TPSA) is 59.3 Å². The largest absolute Gasteiger partial charge is 0.321 e. The van der Waals surface area contributed by atoms with Crippen molar-refractivity contribution >= 4 is 43.8 Å². The maximum Gasteiger partial charge on any atom is 0.267 e. The third kappa shape index (κ3) is 2.23. The SMILES string of the molecule is Cc1nnc2sc(C(=O)Nc3ccc(Br)cc3)c(C)n12. The van der Waals surface area contributed by atoms with Crippen LogP contribution in [0.1, 0.15) is 21.2 Å². The number of amides is 1. The average Bonchev–Trinajstić information content (AvgIpc) is 2.94. The standard InChI is InChI=1S/C13H11BrN4OS/c1-7-11(20-13-17-16-8(2)18(7)13)12(19)15-10-5-3-9(14)4-6-10/h3-6H,1-2H3,(H,15,19). The van der Waals surface area contributed by atoms with Crippen LogP contribution in [0.5, 0.6) is 0 Å². The van der Waals surface area contributed by atoms with E-state index < -0.39 is 0 Å². The van der Waals surface area contributed by atoms with E-state index in [0.29, 0.717) is 4.88 Å². The lowest BCUT2D eigenvalue weighted by Gasteiger charge is -2.04. The number of aryl methyl sites for hydroxylation is 2. The number of rotatable bonds is 2. The molecule has 3 aromatic rings. The Bertz CT molecular complexity index is 791. The molecular formula is C13H11BrN4OS. The number of thiazole rings is 1. The summed E-state index contributed by atoms with van der Waals surface area (Å²) in [6, 6.07) is 7.47. The van der Waals surface area contributed by atoms with Crippen LogP contribution in [0.2, 0.25) is 0 Å². The van der Waals surface area contributed by atoms with E-state index in [2.05, 4.69) is 31.4 Å². The van der Waals surface area contributed by atoms with Crippen molar-refractivity contribution in [2.24, 2.45) is 0 Å². The van der Waals surface area contributed by atoms with Crippen molar-refractivity contribution in [1.29, 1.82) is 0 Å². The molecule has 0 spiro atoms. The zero-order valence-electron chi connectivity index (χ0n) is 10.8. The van der Waals surface area contributed by atoms with Gasteiger partial charge in [-0.05, 0) is 38.1 Å². The number of carbonyl (C=O) groups is 1. The molecule has 20 heavy (non-hydrogen) atoms.